The number of amides is 1. The summed E-state index contributed by atoms with van der Waals surface area (Å²) in [5, 5.41) is 12.3. The van der Waals surface area contributed by atoms with E-state index in [1.54, 1.807) is 0 Å². The van der Waals surface area contributed by atoms with Gasteiger partial charge in [-0.05, 0) is 45.7 Å². The number of nitrogens with zero attached hydrogens (tertiary/aromatic N) is 2. The smallest absolute Gasteiger partial charge is 0.240 e. The van der Waals surface area contributed by atoms with Crippen molar-refractivity contribution in [3.05, 3.63) is 0 Å². The molecule has 1 saturated carbocycles. The van der Waals surface area contributed by atoms with Crippen LogP contribution in [0.15, 0.2) is 0 Å². The first-order valence-electron chi connectivity index (χ1n) is 7.61. The van der Waals surface area contributed by atoms with Crippen LogP contribution in [0.4, 0.5) is 0 Å². The maximum atomic E-state index is 12.2. The summed E-state index contributed by atoms with van der Waals surface area (Å²) in [5.41, 5.74) is -0.735. The molecular weight excluding hydrogens is 238 g/mol. The van der Waals surface area contributed by atoms with E-state index in [0.717, 1.165) is 38.8 Å². The Morgan fingerprint density at radius 2 is 1.89 bits per heavy atom. The Hall–Kier alpha value is -1.08. The second kappa shape index (κ2) is 6.38. The van der Waals surface area contributed by atoms with E-state index < -0.39 is 5.41 Å². The van der Waals surface area contributed by atoms with E-state index in [2.05, 4.69) is 23.2 Å². The van der Waals surface area contributed by atoms with Crippen LogP contribution in [0.5, 0.6) is 0 Å². The number of likely N-dealkylation sites (tertiary alicyclic amines) is 1. The Labute approximate surface area is 116 Å². The molecule has 1 amide bonds. The summed E-state index contributed by atoms with van der Waals surface area (Å²) in [6, 6.07) is 2.63. The van der Waals surface area contributed by atoms with Crippen molar-refractivity contribution in [3.63, 3.8) is 0 Å². The fraction of sp³-hybridized carbons (Fsp3) is 0.867. The Kier molecular flexibility index (Phi) is 4.81. The summed E-state index contributed by atoms with van der Waals surface area (Å²) < 4.78 is 0. The number of piperidine rings is 1. The van der Waals surface area contributed by atoms with Crippen LogP contribution < -0.4 is 5.32 Å². The summed E-state index contributed by atoms with van der Waals surface area (Å²) in [7, 11) is 0. The monoisotopic (exact) mass is 263 g/mol. The molecule has 2 rings (SSSR count). The van der Waals surface area contributed by atoms with Crippen molar-refractivity contribution in [3.8, 4) is 6.07 Å². The predicted octanol–water partition coefficient (Wildman–Crippen LogP) is 2.06. The van der Waals surface area contributed by atoms with Crippen LogP contribution in [0.3, 0.4) is 0 Å². The molecule has 19 heavy (non-hydrogen) atoms. The van der Waals surface area contributed by atoms with Crippen molar-refractivity contribution in [1.82, 2.24) is 10.2 Å². The molecule has 1 heterocycles. The lowest BCUT2D eigenvalue weighted by molar-refractivity contribution is -0.128. The third-order valence-electron chi connectivity index (χ3n) is 4.68. The maximum Gasteiger partial charge on any atom is 0.240 e. The van der Waals surface area contributed by atoms with Gasteiger partial charge in [0.15, 0.2) is 0 Å². The van der Waals surface area contributed by atoms with Crippen LogP contribution >= 0.6 is 0 Å². The highest BCUT2D eigenvalue weighted by atomic mass is 16.2. The fourth-order valence-corrected chi connectivity index (χ4v) is 3.27. The van der Waals surface area contributed by atoms with Crippen LogP contribution in [-0.4, -0.2) is 36.5 Å². The SMILES string of the molecule is CC(CNC(=O)C1(C#N)CCCC1)N1CCCCC1. The fourth-order valence-electron chi connectivity index (χ4n) is 3.27. The molecule has 1 N–H and O–H groups in total. The third-order valence-corrected chi connectivity index (χ3v) is 4.68. The minimum absolute atomic E-state index is 0.0450. The highest BCUT2D eigenvalue weighted by Gasteiger charge is 2.41. The molecule has 0 aromatic heterocycles. The van der Waals surface area contributed by atoms with Crippen molar-refractivity contribution < 1.29 is 4.79 Å². The Bertz CT molecular complexity index is 349. The molecule has 106 valence electrons. The Morgan fingerprint density at radius 3 is 2.47 bits per heavy atom. The minimum Gasteiger partial charge on any atom is -0.353 e. The largest absolute Gasteiger partial charge is 0.353 e. The van der Waals surface area contributed by atoms with Gasteiger partial charge in [-0.25, -0.2) is 0 Å². The number of carbonyl (C=O) groups is 1. The molecule has 1 aliphatic heterocycles. The van der Waals surface area contributed by atoms with E-state index in [0.29, 0.717) is 12.6 Å². The molecule has 0 radical (unpaired) electrons. The highest BCUT2D eigenvalue weighted by molar-refractivity contribution is 5.85. The van der Waals surface area contributed by atoms with Gasteiger partial charge in [-0.2, -0.15) is 5.26 Å². The van der Waals surface area contributed by atoms with E-state index in [1.807, 2.05) is 0 Å². The Morgan fingerprint density at radius 1 is 1.26 bits per heavy atom. The quantitative estimate of drug-likeness (QED) is 0.844. The molecule has 0 aromatic rings. The Balaban J connectivity index is 1.81. The van der Waals surface area contributed by atoms with Gasteiger partial charge in [0.05, 0.1) is 6.07 Å². The molecule has 4 heteroatoms. The number of nitrogens with one attached hydrogen (secondary N) is 1. The topological polar surface area (TPSA) is 56.1 Å². The predicted molar refractivity (Wildman–Crippen MR) is 74.4 cm³/mol. The summed E-state index contributed by atoms with van der Waals surface area (Å²) in [4.78, 5) is 14.7. The molecule has 0 spiro atoms. The van der Waals surface area contributed by atoms with E-state index >= 15 is 0 Å². The van der Waals surface area contributed by atoms with Crippen molar-refractivity contribution >= 4 is 5.91 Å². The number of rotatable bonds is 4. The molecule has 2 aliphatic rings. The van der Waals surface area contributed by atoms with Gasteiger partial charge < -0.3 is 5.32 Å². The zero-order valence-corrected chi connectivity index (χ0v) is 12.0. The van der Waals surface area contributed by atoms with E-state index in [-0.39, 0.29) is 5.91 Å². The number of carbonyl (C=O) groups excluding carboxylic acids is 1. The van der Waals surface area contributed by atoms with Crippen LogP contribution in [0, 0.1) is 16.7 Å². The van der Waals surface area contributed by atoms with Crippen molar-refractivity contribution in [2.24, 2.45) is 5.41 Å². The van der Waals surface area contributed by atoms with E-state index in [1.165, 1.54) is 19.3 Å². The zero-order chi connectivity index (χ0) is 13.7. The lowest BCUT2D eigenvalue weighted by Gasteiger charge is -2.33. The molecule has 0 bridgehead atoms. The van der Waals surface area contributed by atoms with Crippen LogP contribution in [0.1, 0.15) is 51.9 Å². The molecule has 4 nitrogen and oxygen atoms in total. The van der Waals surface area contributed by atoms with E-state index in [9.17, 15) is 10.1 Å². The number of hydrogen-bond acceptors (Lipinski definition) is 3. The molecule has 1 saturated heterocycles. The summed E-state index contributed by atoms with van der Waals surface area (Å²) in [6.07, 6.45) is 7.32. The minimum atomic E-state index is -0.735. The third kappa shape index (κ3) is 3.27. The van der Waals surface area contributed by atoms with Gasteiger partial charge in [0.2, 0.25) is 5.91 Å². The number of hydrogen-bond donors (Lipinski definition) is 1. The van der Waals surface area contributed by atoms with Gasteiger partial charge in [0.25, 0.3) is 0 Å². The summed E-state index contributed by atoms with van der Waals surface area (Å²) in [5.74, 6) is -0.0450. The summed E-state index contributed by atoms with van der Waals surface area (Å²) in [6.45, 7) is 5.11. The van der Waals surface area contributed by atoms with Gasteiger partial charge >= 0.3 is 0 Å². The maximum absolute atomic E-state index is 12.2. The highest BCUT2D eigenvalue weighted by Crippen LogP contribution is 2.37. The molecule has 1 atom stereocenters. The molecule has 2 fully saturated rings. The normalized spacial score (nSPS) is 24.6. The van der Waals surface area contributed by atoms with E-state index in [4.69, 9.17) is 0 Å². The first-order valence-corrected chi connectivity index (χ1v) is 7.61. The second-order valence-electron chi connectivity index (χ2n) is 6.06. The van der Waals surface area contributed by atoms with Gasteiger partial charge in [-0.3, -0.25) is 9.69 Å². The molecule has 1 unspecified atom stereocenters. The van der Waals surface area contributed by atoms with Crippen molar-refractivity contribution in [1.29, 1.82) is 5.26 Å². The average molecular weight is 263 g/mol. The van der Waals surface area contributed by atoms with Crippen molar-refractivity contribution in [2.45, 2.75) is 57.9 Å². The first kappa shape index (κ1) is 14.3. The lowest BCUT2D eigenvalue weighted by Crippen LogP contribution is -2.47. The molecule has 1 aliphatic carbocycles. The van der Waals surface area contributed by atoms with Gasteiger partial charge in [0, 0.05) is 12.6 Å². The van der Waals surface area contributed by atoms with Crippen molar-refractivity contribution in [2.75, 3.05) is 19.6 Å². The molecule has 0 aromatic carbocycles. The van der Waals surface area contributed by atoms with Gasteiger partial charge in [-0.15, -0.1) is 0 Å². The second-order valence-corrected chi connectivity index (χ2v) is 6.06. The lowest BCUT2D eigenvalue weighted by atomic mass is 9.87. The first-order chi connectivity index (χ1) is 9.18. The number of nitriles is 1. The average Bonchev–Trinajstić information content (AvgIpc) is 2.95. The van der Waals surface area contributed by atoms with Gasteiger partial charge in [0.1, 0.15) is 5.41 Å². The van der Waals surface area contributed by atoms with Gasteiger partial charge in [-0.1, -0.05) is 19.3 Å². The summed E-state index contributed by atoms with van der Waals surface area (Å²) >= 11 is 0. The standard InChI is InChI=1S/C15H25N3O/c1-13(18-9-5-2-6-10-18)11-17-14(19)15(12-16)7-3-4-8-15/h13H,2-11H2,1H3,(H,17,19). The van der Waals surface area contributed by atoms with Crippen LogP contribution in [0.2, 0.25) is 0 Å². The van der Waals surface area contributed by atoms with Crippen LogP contribution in [-0.2, 0) is 4.79 Å². The zero-order valence-electron chi connectivity index (χ0n) is 12.0. The van der Waals surface area contributed by atoms with Crippen LogP contribution in [0.25, 0.3) is 0 Å². The molecular formula is C15H25N3O.